The maximum atomic E-state index is 12.9. The molecule has 0 aliphatic carbocycles. The Labute approximate surface area is 132 Å². The summed E-state index contributed by atoms with van der Waals surface area (Å²) in [5, 5.41) is 0. The monoisotopic (exact) mass is 297 g/mol. The van der Waals surface area contributed by atoms with Gasteiger partial charge in [0, 0.05) is 6.54 Å². The average molecular weight is 297 g/mol. The number of hydrogen-bond acceptors (Lipinski definition) is 3. The van der Waals surface area contributed by atoms with Gasteiger partial charge in [0.15, 0.2) is 0 Å². The normalized spacial score (nSPS) is 11.2. The van der Waals surface area contributed by atoms with Crippen LogP contribution in [0.15, 0.2) is 60.7 Å². The van der Waals surface area contributed by atoms with Crippen molar-refractivity contribution in [2.24, 2.45) is 0 Å². The summed E-state index contributed by atoms with van der Waals surface area (Å²) in [5.74, 6) is -0.256. The lowest BCUT2D eigenvalue weighted by atomic mass is 9.71. The Hall–Kier alpha value is -2.13. The first-order valence-corrected chi connectivity index (χ1v) is 7.81. The van der Waals surface area contributed by atoms with Crippen molar-refractivity contribution < 1.29 is 9.63 Å². The molecule has 0 saturated carbocycles. The van der Waals surface area contributed by atoms with Gasteiger partial charge in [-0.25, -0.2) is 4.79 Å². The van der Waals surface area contributed by atoms with E-state index in [-0.39, 0.29) is 5.97 Å². The van der Waals surface area contributed by atoms with Gasteiger partial charge in [-0.15, -0.1) is 0 Å². The molecule has 0 fully saturated rings. The number of nitrogens with one attached hydrogen (secondary N) is 1. The summed E-state index contributed by atoms with van der Waals surface area (Å²) in [4.78, 5) is 18.3. The first-order valence-electron chi connectivity index (χ1n) is 7.81. The zero-order chi connectivity index (χ0) is 15.8. The van der Waals surface area contributed by atoms with Gasteiger partial charge in [0.1, 0.15) is 5.41 Å². The molecule has 0 heterocycles. The predicted octanol–water partition coefficient (Wildman–Crippen LogP) is 3.84. The SMILES string of the molecule is CCCC(C(=O)ONCC)(c1ccccc1)c1ccccc1. The van der Waals surface area contributed by atoms with Gasteiger partial charge in [0.25, 0.3) is 0 Å². The highest BCUT2D eigenvalue weighted by Crippen LogP contribution is 2.38. The minimum absolute atomic E-state index is 0.256. The van der Waals surface area contributed by atoms with Crippen LogP contribution in [0.4, 0.5) is 0 Å². The zero-order valence-electron chi connectivity index (χ0n) is 13.2. The third-order valence-corrected chi connectivity index (χ3v) is 3.82. The highest BCUT2D eigenvalue weighted by Gasteiger charge is 2.43. The fourth-order valence-corrected chi connectivity index (χ4v) is 2.84. The largest absolute Gasteiger partial charge is 0.370 e. The first-order chi connectivity index (χ1) is 10.8. The lowest BCUT2D eigenvalue weighted by Gasteiger charge is -2.32. The lowest BCUT2D eigenvalue weighted by Crippen LogP contribution is -2.41. The Kier molecular flexibility index (Phi) is 5.73. The molecular weight excluding hydrogens is 274 g/mol. The van der Waals surface area contributed by atoms with Crippen molar-refractivity contribution in [1.82, 2.24) is 5.48 Å². The molecule has 0 unspecified atom stereocenters. The van der Waals surface area contributed by atoms with Crippen LogP contribution >= 0.6 is 0 Å². The Balaban J connectivity index is 2.57. The van der Waals surface area contributed by atoms with E-state index >= 15 is 0 Å². The van der Waals surface area contributed by atoms with Crippen molar-refractivity contribution in [3.8, 4) is 0 Å². The Morgan fingerprint density at radius 3 is 1.86 bits per heavy atom. The highest BCUT2D eigenvalue weighted by atomic mass is 16.7. The quantitative estimate of drug-likeness (QED) is 0.789. The topological polar surface area (TPSA) is 38.3 Å². The number of carbonyl (C=O) groups excluding carboxylic acids is 1. The molecule has 0 aliphatic rings. The van der Waals surface area contributed by atoms with E-state index in [2.05, 4.69) is 12.4 Å². The van der Waals surface area contributed by atoms with Crippen LogP contribution in [0, 0.1) is 0 Å². The van der Waals surface area contributed by atoms with Crippen molar-refractivity contribution in [3.05, 3.63) is 71.8 Å². The summed E-state index contributed by atoms with van der Waals surface area (Å²) >= 11 is 0. The highest BCUT2D eigenvalue weighted by molar-refractivity contribution is 5.87. The lowest BCUT2D eigenvalue weighted by molar-refractivity contribution is -0.156. The summed E-state index contributed by atoms with van der Waals surface area (Å²) in [5.41, 5.74) is 3.85. The van der Waals surface area contributed by atoms with E-state index in [1.165, 1.54) is 0 Å². The molecule has 116 valence electrons. The summed E-state index contributed by atoms with van der Waals surface area (Å²) in [6, 6.07) is 19.7. The van der Waals surface area contributed by atoms with Crippen LogP contribution in [0.5, 0.6) is 0 Å². The number of carbonyl (C=O) groups is 1. The third-order valence-electron chi connectivity index (χ3n) is 3.82. The molecule has 0 saturated heterocycles. The van der Waals surface area contributed by atoms with Gasteiger partial charge >= 0.3 is 5.97 Å². The number of hydroxylamine groups is 1. The fraction of sp³-hybridized carbons (Fsp3) is 0.316. The van der Waals surface area contributed by atoms with Crippen molar-refractivity contribution in [3.63, 3.8) is 0 Å². The molecule has 22 heavy (non-hydrogen) atoms. The third kappa shape index (κ3) is 3.20. The number of rotatable bonds is 7. The van der Waals surface area contributed by atoms with Crippen LogP contribution in [0.3, 0.4) is 0 Å². The summed E-state index contributed by atoms with van der Waals surface area (Å²) in [7, 11) is 0. The second-order valence-electron chi connectivity index (χ2n) is 5.27. The maximum absolute atomic E-state index is 12.9. The molecule has 0 aromatic heterocycles. The maximum Gasteiger partial charge on any atom is 0.339 e. The van der Waals surface area contributed by atoms with Gasteiger partial charge in [0.2, 0.25) is 0 Å². The molecule has 0 amide bonds. The summed E-state index contributed by atoms with van der Waals surface area (Å²) < 4.78 is 0. The molecule has 2 aromatic carbocycles. The molecule has 1 N–H and O–H groups in total. The van der Waals surface area contributed by atoms with Crippen LogP contribution in [0.25, 0.3) is 0 Å². The summed E-state index contributed by atoms with van der Waals surface area (Å²) in [6.07, 6.45) is 1.58. The zero-order valence-corrected chi connectivity index (χ0v) is 13.2. The predicted molar refractivity (Wildman–Crippen MR) is 88.3 cm³/mol. The average Bonchev–Trinajstić information content (AvgIpc) is 2.59. The van der Waals surface area contributed by atoms with Crippen LogP contribution in [0.2, 0.25) is 0 Å². The van der Waals surface area contributed by atoms with Crippen LogP contribution in [-0.4, -0.2) is 12.5 Å². The Morgan fingerprint density at radius 2 is 1.45 bits per heavy atom. The van der Waals surface area contributed by atoms with E-state index in [4.69, 9.17) is 4.84 Å². The Morgan fingerprint density at radius 1 is 0.955 bits per heavy atom. The molecule has 2 rings (SSSR count). The van der Waals surface area contributed by atoms with Gasteiger partial charge in [-0.2, -0.15) is 5.48 Å². The van der Waals surface area contributed by atoms with E-state index in [1.54, 1.807) is 0 Å². The van der Waals surface area contributed by atoms with E-state index in [1.807, 2.05) is 67.6 Å². The first kappa shape index (κ1) is 16.2. The standard InChI is InChI=1S/C19H23NO2/c1-3-15-19(18(21)22-20-4-2,16-11-7-5-8-12-16)17-13-9-6-10-14-17/h5-14,20H,3-4,15H2,1-2H3. The van der Waals surface area contributed by atoms with Gasteiger partial charge in [0.05, 0.1) is 0 Å². The fourth-order valence-electron chi connectivity index (χ4n) is 2.84. The molecule has 0 radical (unpaired) electrons. The molecule has 3 nitrogen and oxygen atoms in total. The van der Waals surface area contributed by atoms with Gasteiger partial charge < -0.3 is 4.84 Å². The van der Waals surface area contributed by atoms with Crippen molar-refractivity contribution in [1.29, 1.82) is 0 Å². The van der Waals surface area contributed by atoms with E-state index in [0.717, 1.165) is 17.5 Å². The van der Waals surface area contributed by atoms with Crippen molar-refractivity contribution in [2.75, 3.05) is 6.54 Å². The van der Waals surface area contributed by atoms with Crippen LogP contribution in [0.1, 0.15) is 37.8 Å². The molecule has 0 aliphatic heterocycles. The molecule has 0 atom stereocenters. The molecular formula is C19H23NO2. The van der Waals surface area contributed by atoms with Crippen molar-refractivity contribution >= 4 is 5.97 Å². The molecule has 3 heteroatoms. The van der Waals surface area contributed by atoms with E-state index < -0.39 is 5.41 Å². The second kappa shape index (κ2) is 7.76. The molecule has 2 aromatic rings. The molecule has 0 bridgehead atoms. The van der Waals surface area contributed by atoms with E-state index in [9.17, 15) is 4.79 Å². The van der Waals surface area contributed by atoms with Crippen molar-refractivity contribution in [2.45, 2.75) is 32.1 Å². The minimum atomic E-state index is -0.778. The number of benzene rings is 2. The van der Waals surface area contributed by atoms with Gasteiger partial charge in [-0.3, -0.25) is 0 Å². The minimum Gasteiger partial charge on any atom is -0.370 e. The van der Waals surface area contributed by atoms with Gasteiger partial charge in [-0.05, 0) is 24.5 Å². The number of hydrogen-bond donors (Lipinski definition) is 1. The second-order valence-corrected chi connectivity index (χ2v) is 5.27. The smallest absolute Gasteiger partial charge is 0.339 e. The Bertz CT molecular complexity index is 541. The summed E-state index contributed by atoms with van der Waals surface area (Å²) in [6.45, 7) is 4.57. The van der Waals surface area contributed by atoms with Crippen LogP contribution < -0.4 is 5.48 Å². The molecule has 0 spiro atoms. The van der Waals surface area contributed by atoms with Crippen LogP contribution in [-0.2, 0) is 15.0 Å². The van der Waals surface area contributed by atoms with E-state index in [0.29, 0.717) is 13.0 Å². The van der Waals surface area contributed by atoms with Gasteiger partial charge in [-0.1, -0.05) is 74.0 Å².